The van der Waals surface area contributed by atoms with Crippen LogP contribution in [-0.2, 0) is 0 Å². The highest BCUT2D eigenvalue weighted by atomic mass is 14.3. The molecule has 0 saturated carbocycles. The SMILES string of the molecule is C=C(C)C1CCC(C)=C(CC(C)C2CC=C(C)CC2)C1. The van der Waals surface area contributed by atoms with Gasteiger partial charge >= 0.3 is 0 Å². The highest BCUT2D eigenvalue weighted by molar-refractivity contribution is 5.20. The average Bonchev–Trinajstić information content (AvgIpc) is 2.41. The molecule has 0 aromatic carbocycles. The summed E-state index contributed by atoms with van der Waals surface area (Å²) >= 11 is 0. The molecular formula is C20H32. The summed E-state index contributed by atoms with van der Waals surface area (Å²) in [6.07, 6.45) is 11.7. The molecule has 0 N–H and O–H groups in total. The van der Waals surface area contributed by atoms with Crippen LogP contribution in [0.1, 0.15) is 72.6 Å². The molecule has 0 aromatic heterocycles. The van der Waals surface area contributed by atoms with E-state index in [1.54, 1.807) is 16.7 Å². The maximum absolute atomic E-state index is 4.19. The third kappa shape index (κ3) is 3.87. The Morgan fingerprint density at radius 3 is 2.65 bits per heavy atom. The Bertz CT molecular complexity index is 421. The predicted molar refractivity (Wildman–Crippen MR) is 89.7 cm³/mol. The molecule has 0 fully saturated rings. The maximum atomic E-state index is 4.19. The van der Waals surface area contributed by atoms with Crippen LogP contribution in [0.2, 0.25) is 0 Å². The van der Waals surface area contributed by atoms with Crippen molar-refractivity contribution >= 4 is 0 Å². The zero-order chi connectivity index (χ0) is 14.7. The van der Waals surface area contributed by atoms with Crippen molar-refractivity contribution in [3.05, 3.63) is 34.9 Å². The lowest BCUT2D eigenvalue weighted by Gasteiger charge is -2.31. The first-order valence-electron chi connectivity index (χ1n) is 8.46. The number of hydrogen-bond donors (Lipinski definition) is 0. The van der Waals surface area contributed by atoms with Crippen LogP contribution >= 0.6 is 0 Å². The Morgan fingerprint density at radius 1 is 1.30 bits per heavy atom. The molecule has 2 aliphatic carbocycles. The van der Waals surface area contributed by atoms with Crippen LogP contribution in [0.25, 0.3) is 0 Å². The fourth-order valence-electron chi connectivity index (χ4n) is 3.88. The molecule has 0 amide bonds. The summed E-state index contributed by atoms with van der Waals surface area (Å²) in [5.41, 5.74) is 6.42. The van der Waals surface area contributed by atoms with Crippen molar-refractivity contribution in [2.24, 2.45) is 17.8 Å². The van der Waals surface area contributed by atoms with E-state index in [1.807, 2.05) is 0 Å². The smallest absolute Gasteiger partial charge is 0.0168 e. The summed E-state index contributed by atoms with van der Waals surface area (Å²) in [5, 5.41) is 0. The van der Waals surface area contributed by atoms with E-state index in [2.05, 4.69) is 40.3 Å². The van der Waals surface area contributed by atoms with Crippen LogP contribution < -0.4 is 0 Å². The Hall–Kier alpha value is -0.780. The molecule has 0 saturated heterocycles. The van der Waals surface area contributed by atoms with Gasteiger partial charge in [-0.1, -0.05) is 41.9 Å². The van der Waals surface area contributed by atoms with Crippen LogP contribution in [0.3, 0.4) is 0 Å². The van der Waals surface area contributed by atoms with Crippen LogP contribution in [-0.4, -0.2) is 0 Å². The molecule has 0 radical (unpaired) electrons. The summed E-state index contributed by atoms with van der Waals surface area (Å²) < 4.78 is 0. The molecule has 0 aromatic rings. The third-order valence-electron chi connectivity index (χ3n) is 5.71. The molecule has 0 heteroatoms. The van der Waals surface area contributed by atoms with Crippen LogP contribution in [0.15, 0.2) is 34.9 Å². The molecular weight excluding hydrogens is 240 g/mol. The van der Waals surface area contributed by atoms with Gasteiger partial charge < -0.3 is 0 Å². The Kier molecular flexibility index (Phi) is 5.29. The molecule has 2 aliphatic rings. The molecule has 0 heterocycles. The monoisotopic (exact) mass is 272 g/mol. The van der Waals surface area contributed by atoms with E-state index >= 15 is 0 Å². The quantitative estimate of drug-likeness (QED) is 0.516. The Labute approximate surface area is 126 Å². The summed E-state index contributed by atoms with van der Waals surface area (Å²) in [5.74, 6) is 2.49. The van der Waals surface area contributed by atoms with E-state index < -0.39 is 0 Å². The van der Waals surface area contributed by atoms with Gasteiger partial charge in [0, 0.05) is 0 Å². The first kappa shape index (κ1) is 15.6. The van der Waals surface area contributed by atoms with Crippen molar-refractivity contribution in [1.82, 2.24) is 0 Å². The van der Waals surface area contributed by atoms with Gasteiger partial charge in [-0.3, -0.25) is 0 Å². The number of allylic oxidation sites excluding steroid dienone is 5. The standard InChI is InChI=1S/C20H32/c1-14(2)19-11-8-16(4)20(13-19)12-17(5)18-9-6-15(3)7-10-18/h6,17-19H,1,7-13H2,2-5H3. The molecule has 3 unspecified atom stereocenters. The van der Waals surface area contributed by atoms with Crippen molar-refractivity contribution in [3.8, 4) is 0 Å². The van der Waals surface area contributed by atoms with Gasteiger partial charge in [0.25, 0.3) is 0 Å². The van der Waals surface area contributed by atoms with Gasteiger partial charge in [0.1, 0.15) is 0 Å². The molecule has 3 atom stereocenters. The summed E-state index contributed by atoms with van der Waals surface area (Å²) in [6.45, 7) is 13.5. The topological polar surface area (TPSA) is 0 Å². The van der Waals surface area contributed by atoms with Crippen LogP contribution in [0.5, 0.6) is 0 Å². The summed E-state index contributed by atoms with van der Waals surface area (Å²) in [6, 6.07) is 0. The molecule has 0 aliphatic heterocycles. The van der Waals surface area contributed by atoms with E-state index in [4.69, 9.17) is 0 Å². The van der Waals surface area contributed by atoms with Crippen molar-refractivity contribution < 1.29 is 0 Å². The Morgan fingerprint density at radius 2 is 2.05 bits per heavy atom. The lowest BCUT2D eigenvalue weighted by atomic mass is 9.74. The minimum Gasteiger partial charge on any atom is -0.0998 e. The second-order valence-corrected chi connectivity index (χ2v) is 7.44. The first-order valence-corrected chi connectivity index (χ1v) is 8.46. The molecule has 0 nitrogen and oxygen atoms in total. The van der Waals surface area contributed by atoms with Crippen LogP contribution in [0.4, 0.5) is 0 Å². The second kappa shape index (κ2) is 6.78. The predicted octanol–water partition coefficient (Wildman–Crippen LogP) is 6.45. The van der Waals surface area contributed by atoms with Gasteiger partial charge in [0.15, 0.2) is 0 Å². The highest BCUT2D eigenvalue weighted by Gasteiger charge is 2.24. The molecule has 0 spiro atoms. The van der Waals surface area contributed by atoms with Crippen molar-refractivity contribution in [3.63, 3.8) is 0 Å². The first-order chi connectivity index (χ1) is 9.47. The van der Waals surface area contributed by atoms with Gasteiger partial charge in [0.05, 0.1) is 0 Å². The van der Waals surface area contributed by atoms with E-state index in [1.165, 1.54) is 50.5 Å². The lowest BCUT2D eigenvalue weighted by Crippen LogP contribution is -2.18. The summed E-state index contributed by atoms with van der Waals surface area (Å²) in [7, 11) is 0. The normalized spacial score (nSPS) is 29.1. The minimum absolute atomic E-state index is 0.745. The van der Waals surface area contributed by atoms with Gasteiger partial charge in [-0.05, 0) is 83.5 Å². The maximum Gasteiger partial charge on any atom is -0.0168 e. The van der Waals surface area contributed by atoms with Crippen LogP contribution in [0, 0.1) is 17.8 Å². The molecule has 2 rings (SSSR count). The zero-order valence-corrected chi connectivity index (χ0v) is 14.0. The van der Waals surface area contributed by atoms with E-state index in [-0.39, 0.29) is 0 Å². The minimum atomic E-state index is 0.745. The fraction of sp³-hybridized carbons (Fsp3) is 0.700. The number of hydrogen-bond acceptors (Lipinski definition) is 0. The summed E-state index contributed by atoms with van der Waals surface area (Å²) in [4.78, 5) is 0. The number of rotatable bonds is 4. The van der Waals surface area contributed by atoms with E-state index in [0.29, 0.717) is 0 Å². The van der Waals surface area contributed by atoms with E-state index in [0.717, 1.165) is 17.8 Å². The lowest BCUT2D eigenvalue weighted by molar-refractivity contribution is 0.317. The average molecular weight is 272 g/mol. The van der Waals surface area contributed by atoms with Crippen molar-refractivity contribution in [1.29, 1.82) is 0 Å². The fourth-order valence-corrected chi connectivity index (χ4v) is 3.88. The van der Waals surface area contributed by atoms with E-state index in [9.17, 15) is 0 Å². The molecule has 20 heavy (non-hydrogen) atoms. The highest BCUT2D eigenvalue weighted by Crippen LogP contribution is 2.39. The van der Waals surface area contributed by atoms with Gasteiger partial charge in [-0.25, -0.2) is 0 Å². The zero-order valence-electron chi connectivity index (χ0n) is 14.0. The Balaban J connectivity index is 1.96. The third-order valence-corrected chi connectivity index (χ3v) is 5.71. The second-order valence-electron chi connectivity index (χ2n) is 7.44. The van der Waals surface area contributed by atoms with Gasteiger partial charge in [-0.15, -0.1) is 0 Å². The van der Waals surface area contributed by atoms with Crippen molar-refractivity contribution in [2.75, 3.05) is 0 Å². The van der Waals surface area contributed by atoms with Crippen molar-refractivity contribution in [2.45, 2.75) is 72.6 Å². The van der Waals surface area contributed by atoms with Gasteiger partial charge in [0.2, 0.25) is 0 Å². The largest absolute Gasteiger partial charge is 0.0998 e. The molecule has 0 bridgehead atoms. The molecule has 112 valence electrons. The van der Waals surface area contributed by atoms with Gasteiger partial charge in [-0.2, -0.15) is 0 Å².